The fourth-order valence-electron chi connectivity index (χ4n) is 2.98. The van der Waals surface area contributed by atoms with Crippen molar-refractivity contribution in [2.75, 3.05) is 16.8 Å². The number of fused-ring (bicyclic) bond motifs is 1. The summed E-state index contributed by atoms with van der Waals surface area (Å²) in [6.45, 7) is 1.48. The Hall–Kier alpha value is -3.10. The monoisotopic (exact) mass is 379 g/mol. The molecule has 0 aliphatic carbocycles. The molecule has 0 fully saturated rings. The molecular formula is C18H16F3N3O3. The number of rotatable bonds is 3. The van der Waals surface area contributed by atoms with Crippen LogP contribution in [-0.4, -0.2) is 22.9 Å². The number of amides is 2. The van der Waals surface area contributed by atoms with Crippen molar-refractivity contribution in [2.24, 2.45) is 0 Å². The Morgan fingerprint density at radius 1 is 1.19 bits per heavy atom. The van der Waals surface area contributed by atoms with Crippen molar-refractivity contribution in [2.45, 2.75) is 26.1 Å². The molecule has 0 saturated carbocycles. The first-order valence-electron chi connectivity index (χ1n) is 8.14. The maximum absolute atomic E-state index is 12.8. The van der Waals surface area contributed by atoms with E-state index in [1.807, 2.05) is 0 Å². The molecule has 6 nitrogen and oxygen atoms in total. The Morgan fingerprint density at radius 3 is 2.59 bits per heavy atom. The van der Waals surface area contributed by atoms with Gasteiger partial charge in [-0.15, -0.1) is 0 Å². The number of hydrogen-bond donors (Lipinski definition) is 1. The van der Waals surface area contributed by atoms with Crippen LogP contribution >= 0.6 is 0 Å². The number of anilines is 2. The van der Waals surface area contributed by atoms with Gasteiger partial charge in [0.25, 0.3) is 5.56 Å². The van der Waals surface area contributed by atoms with Crippen LogP contribution < -0.4 is 15.8 Å². The van der Waals surface area contributed by atoms with Gasteiger partial charge in [-0.2, -0.15) is 13.2 Å². The summed E-state index contributed by atoms with van der Waals surface area (Å²) >= 11 is 0. The van der Waals surface area contributed by atoms with E-state index in [1.54, 1.807) is 23.1 Å². The predicted molar refractivity (Wildman–Crippen MR) is 92.5 cm³/mol. The van der Waals surface area contributed by atoms with Gasteiger partial charge in [-0.3, -0.25) is 14.4 Å². The standard InChI is InChI=1S/C18H16F3N3O3/c1-11(25)24-7-6-12-8-14(3-4-15(12)24)22-16(26)10-23-9-13(18(19,20)21)2-5-17(23)27/h2-5,8-9H,6-7,10H2,1H3,(H,22,26). The van der Waals surface area contributed by atoms with Crippen molar-refractivity contribution < 1.29 is 22.8 Å². The van der Waals surface area contributed by atoms with Gasteiger partial charge in [0, 0.05) is 37.1 Å². The van der Waals surface area contributed by atoms with Crippen LogP contribution in [0.3, 0.4) is 0 Å². The van der Waals surface area contributed by atoms with E-state index in [9.17, 15) is 27.6 Å². The average Bonchev–Trinajstić information content (AvgIpc) is 2.99. The summed E-state index contributed by atoms with van der Waals surface area (Å²) in [5.41, 5.74) is 0.402. The van der Waals surface area contributed by atoms with Crippen LogP contribution in [0.4, 0.5) is 24.5 Å². The largest absolute Gasteiger partial charge is 0.417 e. The summed E-state index contributed by atoms with van der Waals surface area (Å²) < 4.78 is 39.0. The lowest BCUT2D eigenvalue weighted by Gasteiger charge is -2.15. The highest BCUT2D eigenvalue weighted by Gasteiger charge is 2.31. The molecule has 9 heteroatoms. The smallest absolute Gasteiger partial charge is 0.325 e. The minimum absolute atomic E-state index is 0.0746. The second-order valence-corrected chi connectivity index (χ2v) is 6.19. The van der Waals surface area contributed by atoms with Crippen LogP contribution in [0.1, 0.15) is 18.1 Å². The topological polar surface area (TPSA) is 71.4 Å². The number of nitrogens with one attached hydrogen (secondary N) is 1. The van der Waals surface area contributed by atoms with Crippen molar-refractivity contribution >= 4 is 23.2 Å². The predicted octanol–water partition coefficient (Wildman–Crippen LogP) is 2.41. The maximum atomic E-state index is 12.8. The first-order valence-corrected chi connectivity index (χ1v) is 8.14. The lowest BCUT2D eigenvalue weighted by atomic mass is 10.1. The molecule has 0 atom stereocenters. The highest BCUT2D eigenvalue weighted by atomic mass is 19.4. The number of carbonyl (C=O) groups excluding carboxylic acids is 2. The molecule has 0 spiro atoms. The summed E-state index contributed by atoms with van der Waals surface area (Å²) in [5.74, 6) is -0.702. The molecule has 1 aliphatic rings. The second kappa shape index (κ2) is 6.90. The van der Waals surface area contributed by atoms with E-state index in [4.69, 9.17) is 0 Å². The van der Waals surface area contributed by atoms with Gasteiger partial charge in [-0.1, -0.05) is 0 Å². The van der Waals surface area contributed by atoms with Crippen LogP contribution in [-0.2, 0) is 28.7 Å². The third kappa shape index (κ3) is 4.02. The number of carbonyl (C=O) groups is 2. The van der Waals surface area contributed by atoms with E-state index in [0.29, 0.717) is 35.5 Å². The number of pyridine rings is 1. The highest BCUT2D eigenvalue weighted by Crippen LogP contribution is 2.30. The van der Waals surface area contributed by atoms with Crippen LogP contribution in [0.5, 0.6) is 0 Å². The van der Waals surface area contributed by atoms with Crippen LogP contribution in [0, 0.1) is 0 Å². The normalized spacial score (nSPS) is 13.4. The van der Waals surface area contributed by atoms with E-state index >= 15 is 0 Å². The quantitative estimate of drug-likeness (QED) is 0.890. The Morgan fingerprint density at radius 2 is 1.93 bits per heavy atom. The van der Waals surface area contributed by atoms with Crippen molar-refractivity contribution in [3.63, 3.8) is 0 Å². The van der Waals surface area contributed by atoms with E-state index in [1.165, 1.54) is 6.92 Å². The zero-order valence-corrected chi connectivity index (χ0v) is 14.3. The molecule has 1 N–H and O–H groups in total. The van der Waals surface area contributed by atoms with Gasteiger partial charge in [0.15, 0.2) is 0 Å². The molecule has 1 aliphatic heterocycles. The average molecular weight is 379 g/mol. The third-order valence-electron chi connectivity index (χ3n) is 4.26. The van der Waals surface area contributed by atoms with Gasteiger partial charge >= 0.3 is 6.18 Å². The Bertz CT molecular complexity index is 966. The van der Waals surface area contributed by atoms with Crippen molar-refractivity contribution in [1.29, 1.82) is 0 Å². The van der Waals surface area contributed by atoms with Gasteiger partial charge in [0.2, 0.25) is 11.8 Å². The van der Waals surface area contributed by atoms with Crippen molar-refractivity contribution in [1.82, 2.24) is 4.57 Å². The molecule has 0 bridgehead atoms. The summed E-state index contributed by atoms with van der Waals surface area (Å²) in [4.78, 5) is 37.0. The summed E-state index contributed by atoms with van der Waals surface area (Å²) in [6, 6.07) is 6.48. The van der Waals surface area contributed by atoms with Crippen LogP contribution in [0.2, 0.25) is 0 Å². The summed E-state index contributed by atoms with van der Waals surface area (Å²) in [7, 11) is 0. The molecule has 0 saturated heterocycles. The molecule has 0 radical (unpaired) electrons. The SMILES string of the molecule is CC(=O)N1CCc2cc(NC(=O)Cn3cc(C(F)(F)F)ccc3=O)ccc21. The Balaban J connectivity index is 1.74. The zero-order chi connectivity index (χ0) is 19.8. The lowest BCUT2D eigenvalue weighted by molar-refractivity contribution is -0.138. The van der Waals surface area contributed by atoms with Gasteiger partial charge in [0.05, 0.1) is 5.56 Å². The van der Waals surface area contributed by atoms with Crippen molar-refractivity contribution in [3.8, 4) is 0 Å². The fraction of sp³-hybridized carbons (Fsp3) is 0.278. The molecule has 3 rings (SSSR count). The minimum atomic E-state index is -4.60. The van der Waals surface area contributed by atoms with E-state index < -0.39 is 29.8 Å². The van der Waals surface area contributed by atoms with Crippen LogP contribution in [0.15, 0.2) is 41.3 Å². The highest BCUT2D eigenvalue weighted by molar-refractivity contribution is 5.95. The number of aromatic nitrogens is 1. The van der Waals surface area contributed by atoms with E-state index in [2.05, 4.69) is 5.32 Å². The first-order chi connectivity index (χ1) is 12.6. The molecule has 1 aromatic heterocycles. The van der Waals surface area contributed by atoms with E-state index in [-0.39, 0.29) is 5.91 Å². The number of alkyl halides is 3. The van der Waals surface area contributed by atoms with Crippen molar-refractivity contribution in [3.05, 3.63) is 58.0 Å². The van der Waals surface area contributed by atoms with Gasteiger partial charge in [-0.05, 0) is 36.2 Å². The lowest BCUT2D eigenvalue weighted by Crippen LogP contribution is -2.28. The Labute approximate surface area is 152 Å². The maximum Gasteiger partial charge on any atom is 0.417 e. The molecule has 27 heavy (non-hydrogen) atoms. The fourth-order valence-corrected chi connectivity index (χ4v) is 2.98. The first kappa shape index (κ1) is 18.7. The zero-order valence-electron chi connectivity index (χ0n) is 14.3. The van der Waals surface area contributed by atoms with E-state index in [0.717, 1.165) is 17.3 Å². The third-order valence-corrected chi connectivity index (χ3v) is 4.26. The molecule has 2 aromatic rings. The Kier molecular flexibility index (Phi) is 4.77. The second-order valence-electron chi connectivity index (χ2n) is 6.19. The number of hydrogen-bond acceptors (Lipinski definition) is 3. The molecule has 2 heterocycles. The molecule has 0 unspecified atom stereocenters. The van der Waals surface area contributed by atoms with Gasteiger partial charge < -0.3 is 14.8 Å². The summed E-state index contributed by atoms with van der Waals surface area (Å²) in [5, 5.41) is 2.57. The number of benzene rings is 1. The number of halogens is 3. The minimum Gasteiger partial charge on any atom is -0.325 e. The molecule has 142 valence electrons. The van der Waals surface area contributed by atoms with Crippen LogP contribution in [0.25, 0.3) is 0 Å². The molecule has 2 amide bonds. The molecular weight excluding hydrogens is 363 g/mol. The summed E-state index contributed by atoms with van der Waals surface area (Å²) in [6.07, 6.45) is -3.34. The molecule has 1 aromatic carbocycles. The van der Waals surface area contributed by atoms with Gasteiger partial charge in [0.1, 0.15) is 6.54 Å². The van der Waals surface area contributed by atoms with Gasteiger partial charge in [-0.25, -0.2) is 0 Å². The number of nitrogens with zero attached hydrogens (tertiary/aromatic N) is 2.